The molecule has 0 unspecified atom stereocenters. The topological polar surface area (TPSA) is 204 Å². The molecule has 26 heavy (non-hydrogen) atoms. The molecule has 0 fully saturated rings. The first-order valence-corrected chi connectivity index (χ1v) is 9.05. The van der Waals surface area contributed by atoms with Crippen molar-refractivity contribution < 1.29 is 13.0 Å². The second-order valence-corrected chi connectivity index (χ2v) is 6.87. The Morgan fingerprint density at radius 1 is 1.19 bits per heavy atom. The number of nitrogens with zero attached hydrogens (tertiary/aromatic N) is 6. The van der Waals surface area contributed by atoms with Gasteiger partial charge < -0.3 is 11.5 Å². The van der Waals surface area contributed by atoms with Gasteiger partial charge >= 0.3 is 0 Å². The van der Waals surface area contributed by atoms with Crippen LogP contribution in [-0.4, -0.2) is 28.7 Å². The lowest BCUT2D eigenvalue weighted by atomic mass is 10.2. The third kappa shape index (κ3) is 4.42. The van der Waals surface area contributed by atoms with Gasteiger partial charge in [-0.05, 0) is 18.2 Å². The molecule has 0 aliphatic rings. The molecule has 132 valence electrons. The van der Waals surface area contributed by atoms with Crippen LogP contribution in [0.2, 0.25) is 0 Å². The van der Waals surface area contributed by atoms with E-state index in [0.717, 1.165) is 17.8 Å². The summed E-state index contributed by atoms with van der Waals surface area (Å²) in [6, 6.07) is 7.09. The van der Waals surface area contributed by atoms with Crippen LogP contribution in [0, 0.1) is 22.7 Å². The normalized spacial score (nSPS) is 11.2. The molecule has 0 spiro atoms. The molecule has 0 bridgehead atoms. The first-order valence-electron chi connectivity index (χ1n) is 6.62. The van der Waals surface area contributed by atoms with Crippen LogP contribution in [0.3, 0.4) is 0 Å². The Morgan fingerprint density at radius 2 is 1.85 bits per heavy atom. The lowest BCUT2D eigenvalue weighted by Crippen LogP contribution is -2.01. The van der Waals surface area contributed by atoms with Gasteiger partial charge in [0.15, 0.2) is 22.5 Å². The maximum absolute atomic E-state index is 11.5. The summed E-state index contributed by atoms with van der Waals surface area (Å²) in [7, 11) is -4.64. The maximum Gasteiger partial charge on any atom is 0.296 e. The third-order valence-corrected chi connectivity index (χ3v) is 4.40. The predicted molar refractivity (Wildman–Crippen MR) is 92.3 cm³/mol. The Morgan fingerprint density at radius 3 is 2.38 bits per heavy atom. The summed E-state index contributed by atoms with van der Waals surface area (Å²) >= 11 is 1.02. The monoisotopic (exact) mass is 390 g/mol. The number of benzene rings is 1. The molecule has 0 aliphatic carbocycles. The summed E-state index contributed by atoms with van der Waals surface area (Å²) < 4.78 is 32.2. The molecule has 5 N–H and O–H groups in total. The largest absolute Gasteiger partial charge is 0.382 e. The van der Waals surface area contributed by atoms with Crippen LogP contribution in [0.25, 0.3) is 0 Å². The molecule has 0 amide bonds. The van der Waals surface area contributed by atoms with E-state index in [0.29, 0.717) is 0 Å². The quantitative estimate of drug-likeness (QED) is 0.292. The lowest BCUT2D eigenvalue weighted by molar-refractivity contribution is 0.483. The van der Waals surface area contributed by atoms with Gasteiger partial charge in [0.25, 0.3) is 10.1 Å². The highest BCUT2D eigenvalue weighted by Gasteiger charge is 2.17. The van der Waals surface area contributed by atoms with Gasteiger partial charge in [0.05, 0.1) is 23.5 Å². The second kappa shape index (κ2) is 7.75. The summed E-state index contributed by atoms with van der Waals surface area (Å²) in [6.45, 7) is 0. The number of nitrogen functional groups attached to an aromatic ring is 2. The molecule has 0 saturated carbocycles. The van der Waals surface area contributed by atoms with Crippen LogP contribution < -0.4 is 11.5 Å². The minimum atomic E-state index is -4.64. The first kappa shape index (κ1) is 19.1. The summed E-state index contributed by atoms with van der Waals surface area (Å²) in [5.41, 5.74) is 11.2. The van der Waals surface area contributed by atoms with E-state index < -0.39 is 15.0 Å². The van der Waals surface area contributed by atoms with Crippen LogP contribution in [0.4, 0.5) is 23.0 Å². The molecule has 0 radical (unpaired) electrons. The van der Waals surface area contributed by atoms with E-state index in [2.05, 4.69) is 20.2 Å². The van der Waals surface area contributed by atoms with Crippen molar-refractivity contribution in [3.8, 4) is 12.1 Å². The SMILES string of the molecule is N#CCSc1nc(N)c(N=Nc2ccc(C#N)cc2S(=O)(=O)O)c(N)n1. The smallest absolute Gasteiger partial charge is 0.296 e. The molecule has 13 heteroatoms. The van der Waals surface area contributed by atoms with E-state index in [4.69, 9.17) is 22.0 Å². The Bertz CT molecular complexity index is 1050. The van der Waals surface area contributed by atoms with Crippen LogP contribution in [0.15, 0.2) is 38.5 Å². The van der Waals surface area contributed by atoms with Crippen molar-refractivity contribution in [1.29, 1.82) is 10.5 Å². The fraction of sp³-hybridized carbons (Fsp3) is 0.0769. The van der Waals surface area contributed by atoms with E-state index >= 15 is 0 Å². The van der Waals surface area contributed by atoms with E-state index in [1.165, 1.54) is 12.1 Å². The van der Waals surface area contributed by atoms with Crippen LogP contribution in [-0.2, 0) is 10.1 Å². The molecule has 1 aromatic carbocycles. The van der Waals surface area contributed by atoms with E-state index in [1.54, 1.807) is 6.07 Å². The average molecular weight is 390 g/mol. The van der Waals surface area contributed by atoms with Gasteiger partial charge in [-0.1, -0.05) is 11.8 Å². The van der Waals surface area contributed by atoms with Crippen LogP contribution in [0.1, 0.15) is 5.56 Å². The number of nitriles is 2. The summed E-state index contributed by atoms with van der Waals surface area (Å²) in [5, 5.41) is 25.0. The van der Waals surface area contributed by atoms with Crippen molar-refractivity contribution in [3.05, 3.63) is 23.8 Å². The molecule has 2 rings (SSSR count). The van der Waals surface area contributed by atoms with Gasteiger partial charge in [-0.2, -0.15) is 18.9 Å². The maximum atomic E-state index is 11.5. The van der Waals surface area contributed by atoms with Gasteiger partial charge in [-0.3, -0.25) is 4.55 Å². The van der Waals surface area contributed by atoms with E-state index in [-0.39, 0.29) is 39.5 Å². The van der Waals surface area contributed by atoms with E-state index in [9.17, 15) is 13.0 Å². The van der Waals surface area contributed by atoms with Gasteiger partial charge in [0.2, 0.25) is 0 Å². The number of thioether (sulfide) groups is 1. The molecular formula is C13H10N8O3S2. The van der Waals surface area contributed by atoms with Crippen molar-refractivity contribution in [3.63, 3.8) is 0 Å². The van der Waals surface area contributed by atoms with Crippen molar-refractivity contribution in [2.24, 2.45) is 10.2 Å². The first-order chi connectivity index (χ1) is 12.3. The fourth-order valence-corrected chi connectivity index (χ4v) is 2.88. The number of azo groups is 1. The van der Waals surface area contributed by atoms with E-state index in [1.807, 2.05) is 6.07 Å². The predicted octanol–water partition coefficient (Wildman–Crippen LogP) is 1.79. The molecule has 1 aromatic heterocycles. The lowest BCUT2D eigenvalue weighted by Gasteiger charge is -2.05. The van der Waals surface area contributed by atoms with Crippen molar-refractivity contribution in [2.75, 3.05) is 17.2 Å². The number of hydrogen-bond acceptors (Lipinski definition) is 11. The highest BCUT2D eigenvalue weighted by Crippen LogP contribution is 2.32. The molecule has 2 aromatic rings. The van der Waals surface area contributed by atoms with Gasteiger partial charge in [0, 0.05) is 0 Å². The Hall–Kier alpha value is -3.26. The number of nitrogens with two attached hydrogens (primary N) is 2. The zero-order valence-electron chi connectivity index (χ0n) is 12.9. The minimum absolute atomic E-state index is 0.0119. The van der Waals surface area contributed by atoms with Crippen molar-refractivity contribution >= 4 is 44.9 Å². The summed E-state index contributed by atoms with van der Waals surface area (Å²) in [4.78, 5) is 7.24. The Balaban J connectivity index is 2.45. The summed E-state index contributed by atoms with van der Waals surface area (Å²) in [6.07, 6.45) is 0. The zero-order valence-corrected chi connectivity index (χ0v) is 14.5. The third-order valence-electron chi connectivity index (χ3n) is 2.81. The molecule has 1 heterocycles. The molecule has 11 nitrogen and oxygen atoms in total. The number of aromatic nitrogens is 2. The average Bonchev–Trinajstić information content (AvgIpc) is 2.58. The molecular weight excluding hydrogens is 380 g/mol. The summed E-state index contributed by atoms with van der Waals surface area (Å²) in [5.74, 6) is -0.143. The van der Waals surface area contributed by atoms with Crippen LogP contribution >= 0.6 is 11.8 Å². The fourth-order valence-electron chi connectivity index (χ4n) is 1.71. The van der Waals surface area contributed by atoms with Crippen LogP contribution in [0.5, 0.6) is 0 Å². The standard InChI is InChI=1S/C13H10N8O3S2/c14-3-4-25-13-18-11(16)10(12(17)19-13)21-20-8-2-1-7(6-15)5-9(8)26(22,23)24/h1-2,5H,4H2,(H,22,23,24)(H4,16,17,18,19). The number of hydrogen-bond donors (Lipinski definition) is 3. The van der Waals surface area contributed by atoms with Gasteiger partial charge in [0.1, 0.15) is 10.6 Å². The van der Waals surface area contributed by atoms with Crippen molar-refractivity contribution in [2.45, 2.75) is 10.1 Å². The number of rotatable bonds is 5. The molecule has 0 saturated heterocycles. The zero-order chi connectivity index (χ0) is 19.3. The van der Waals surface area contributed by atoms with Gasteiger partial charge in [-0.15, -0.1) is 10.2 Å². The number of anilines is 2. The second-order valence-electron chi connectivity index (χ2n) is 4.54. The Kier molecular flexibility index (Phi) is 5.68. The molecule has 0 atom stereocenters. The highest BCUT2D eigenvalue weighted by atomic mass is 32.2. The van der Waals surface area contributed by atoms with Gasteiger partial charge in [-0.25, -0.2) is 9.97 Å². The Labute approximate surface area is 152 Å². The highest BCUT2D eigenvalue weighted by molar-refractivity contribution is 7.99. The minimum Gasteiger partial charge on any atom is -0.382 e. The molecule has 0 aliphatic heterocycles. The van der Waals surface area contributed by atoms with Crippen molar-refractivity contribution in [1.82, 2.24) is 9.97 Å².